The molecule has 0 radical (unpaired) electrons. The van der Waals surface area contributed by atoms with Crippen LogP contribution >= 0.6 is 24.0 Å². The number of hydrogen-bond donors (Lipinski definition) is 2. The third-order valence-electron chi connectivity index (χ3n) is 3.07. The highest BCUT2D eigenvalue weighted by atomic mass is 127. The van der Waals surface area contributed by atoms with E-state index in [0.29, 0.717) is 12.4 Å². The van der Waals surface area contributed by atoms with Gasteiger partial charge in [-0.1, -0.05) is 6.07 Å². The molecule has 0 amide bonds. The summed E-state index contributed by atoms with van der Waals surface area (Å²) < 4.78 is 5.62. The van der Waals surface area contributed by atoms with Crippen LogP contribution in [0.4, 0.5) is 0 Å². The van der Waals surface area contributed by atoms with E-state index in [-0.39, 0.29) is 24.0 Å². The number of guanidine groups is 1. The van der Waals surface area contributed by atoms with E-state index in [1.807, 2.05) is 18.3 Å². The summed E-state index contributed by atoms with van der Waals surface area (Å²) in [6, 6.07) is 3.95. The SMILES string of the molecule is CCNC(=NCc1ccc(OCC2CC2)nc1)NCC.I. The smallest absolute Gasteiger partial charge is 0.213 e. The molecular weight excluding hydrogens is 379 g/mol. The summed E-state index contributed by atoms with van der Waals surface area (Å²) >= 11 is 0. The molecule has 2 rings (SSSR count). The van der Waals surface area contributed by atoms with Gasteiger partial charge in [-0.05, 0) is 38.2 Å². The van der Waals surface area contributed by atoms with Crippen molar-refractivity contribution in [3.8, 4) is 5.88 Å². The molecule has 1 aromatic heterocycles. The maximum absolute atomic E-state index is 5.62. The Bertz CT molecular complexity index is 424. The molecule has 0 bridgehead atoms. The molecule has 21 heavy (non-hydrogen) atoms. The van der Waals surface area contributed by atoms with Crippen LogP contribution in [0.5, 0.6) is 5.88 Å². The van der Waals surface area contributed by atoms with Crippen molar-refractivity contribution in [1.29, 1.82) is 0 Å². The number of halogens is 1. The standard InChI is InChI=1S/C15H24N4O.HI/c1-3-16-15(17-4-2)19-10-13-7-8-14(18-9-13)20-11-12-5-6-12;/h7-9,12H,3-6,10-11H2,1-2H3,(H2,16,17,19);1H. The number of aliphatic imine (C=N–C) groups is 1. The van der Waals surface area contributed by atoms with E-state index in [2.05, 4.69) is 34.5 Å². The molecule has 1 fully saturated rings. The quantitative estimate of drug-likeness (QED) is 0.417. The van der Waals surface area contributed by atoms with E-state index in [9.17, 15) is 0 Å². The number of ether oxygens (including phenoxy) is 1. The van der Waals surface area contributed by atoms with E-state index in [1.165, 1.54) is 12.8 Å². The molecule has 5 nitrogen and oxygen atoms in total. The summed E-state index contributed by atoms with van der Waals surface area (Å²) in [6.07, 6.45) is 4.43. The van der Waals surface area contributed by atoms with Gasteiger partial charge in [-0.15, -0.1) is 24.0 Å². The normalized spacial score (nSPS) is 13.0. The Morgan fingerprint density at radius 1 is 1.29 bits per heavy atom. The zero-order valence-electron chi connectivity index (χ0n) is 12.8. The first-order valence-electron chi connectivity index (χ1n) is 7.41. The average molecular weight is 404 g/mol. The van der Waals surface area contributed by atoms with Gasteiger partial charge in [0, 0.05) is 25.4 Å². The lowest BCUT2D eigenvalue weighted by Gasteiger charge is -2.09. The molecule has 1 aliphatic carbocycles. The number of rotatable bonds is 7. The van der Waals surface area contributed by atoms with Gasteiger partial charge in [0.2, 0.25) is 5.88 Å². The molecule has 1 heterocycles. The Morgan fingerprint density at radius 3 is 2.52 bits per heavy atom. The first kappa shape index (κ1) is 18.0. The Kier molecular flexibility index (Phi) is 8.41. The number of nitrogens with one attached hydrogen (secondary N) is 2. The van der Waals surface area contributed by atoms with Crippen LogP contribution in [0, 0.1) is 5.92 Å². The fourth-order valence-electron chi connectivity index (χ4n) is 1.76. The van der Waals surface area contributed by atoms with Crippen molar-refractivity contribution in [3.05, 3.63) is 23.9 Å². The van der Waals surface area contributed by atoms with E-state index in [1.54, 1.807) is 0 Å². The fraction of sp³-hybridized carbons (Fsp3) is 0.600. The van der Waals surface area contributed by atoms with Crippen LogP contribution < -0.4 is 15.4 Å². The Morgan fingerprint density at radius 2 is 2.00 bits per heavy atom. The Hall–Kier alpha value is -1.05. The van der Waals surface area contributed by atoms with Crippen molar-refractivity contribution >= 4 is 29.9 Å². The molecule has 6 heteroatoms. The lowest BCUT2D eigenvalue weighted by Crippen LogP contribution is -2.36. The minimum atomic E-state index is 0. The van der Waals surface area contributed by atoms with Gasteiger partial charge in [-0.2, -0.15) is 0 Å². The van der Waals surface area contributed by atoms with Crippen molar-refractivity contribution in [1.82, 2.24) is 15.6 Å². The van der Waals surface area contributed by atoms with Crippen LogP contribution in [0.25, 0.3) is 0 Å². The second-order valence-electron chi connectivity index (χ2n) is 4.98. The molecule has 1 aliphatic rings. The lowest BCUT2D eigenvalue weighted by molar-refractivity contribution is 0.288. The van der Waals surface area contributed by atoms with Crippen LogP contribution in [-0.2, 0) is 6.54 Å². The topological polar surface area (TPSA) is 58.5 Å². The molecule has 0 spiro atoms. The van der Waals surface area contributed by atoms with Gasteiger partial charge >= 0.3 is 0 Å². The minimum absolute atomic E-state index is 0. The monoisotopic (exact) mass is 404 g/mol. The summed E-state index contributed by atoms with van der Waals surface area (Å²) in [7, 11) is 0. The van der Waals surface area contributed by atoms with E-state index in [0.717, 1.165) is 37.1 Å². The van der Waals surface area contributed by atoms with Crippen LogP contribution in [0.3, 0.4) is 0 Å². The van der Waals surface area contributed by atoms with Gasteiger partial charge in [0.05, 0.1) is 13.2 Å². The van der Waals surface area contributed by atoms with Crippen molar-refractivity contribution < 1.29 is 4.74 Å². The molecule has 0 unspecified atom stereocenters. The number of pyridine rings is 1. The summed E-state index contributed by atoms with van der Waals surface area (Å²) in [5.74, 6) is 2.30. The number of nitrogens with zero attached hydrogens (tertiary/aromatic N) is 2. The first-order valence-corrected chi connectivity index (χ1v) is 7.41. The van der Waals surface area contributed by atoms with Crippen LogP contribution in [-0.4, -0.2) is 30.6 Å². The summed E-state index contributed by atoms with van der Waals surface area (Å²) in [4.78, 5) is 8.82. The molecule has 1 saturated carbocycles. The molecule has 0 aliphatic heterocycles. The van der Waals surface area contributed by atoms with Crippen LogP contribution in [0.1, 0.15) is 32.3 Å². The number of hydrogen-bond acceptors (Lipinski definition) is 3. The third kappa shape index (κ3) is 6.97. The highest BCUT2D eigenvalue weighted by molar-refractivity contribution is 14.0. The van der Waals surface area contributed by atoms with Gasteiger partial charge in [0.15, 0.2) is 5.96 Å². The summed E-state index contributed by atoms with van der Waals surface area (Å²) in [5, 5.41) is 6.40. The first-order chi connectivity index (χ1) is 9.81. The third-order valence-corrected chi connectivity index (χ3v) is 3.07. The van der Waals surface area contributed by atoms with Crippen LogP contribution in [0.15, 0.2) is 23.3 Å². The van der Waals surface area contributed by atoms with Crippen LogP contribution in [0.2, 0.25) is 0 Å². The van der Waals surface area contributed by atoms with Gasteiger partial charge in [-0.3, -0.25) is 0 Å². The average Bonchev–Trinajstić information content (AvgIpc) is 3.28. The van der Waals surface area contributed by atoms with Crippen molar-refractivity contribution in [2.45, 2.75) is 33.2 Å². The van der Waals surface area contributed by atoms with E-state index < -0.39 is 0 Å². The highest BCUT2D eigenvalue weighted by Gasteiger charge is 2.21. The predicted molar refractivity (Wildman–Crippen MR) is 96.4 cm³/mol. The Balaban J connectivity index is 0.00000220. The van der Waals surface area contributed by atoms with Crippen molar-refractivity contribution in [3.63, 3.8) is 0 Å². The zero-order valence-corrected chi connectivity index (χ0v) is 15.1. The van der Waals surface area contributed by atoms with Crippen molar-refractivity contribution in [2.75, 3.05) is 19.7 Å². The predicted octanol–water partition coefficient (Wildman–Crippen LogP) is 2.56. The Labute approximate surface area is 144 Å². The van der Waals surface area contributed by atoms with E-state index >= 15 is 0 Å². The molecule has 118 valence electrons. The second kappa shape index (κ2) is 9.81. The van der Waals surface area contributed by atoms with Crippen molar-refractivity contribution in [2.24, 2.45) is 10.9 Å². The molecule has 2 N–H and O–H groups in total. The lowest BCUT2D eigenvalue weighted by atomic mass is 10.3. The summed E-state index contributed by atoms with van der Waals surface area (Å²) in [6.45, 7) is 7.25. The minimum Gasteiger partial charge on any atom is -0.477 e. The van der Waals surface area contributed by atoms with Gasteiger partial charge in [0.1, 0.15) is 0 Å². The maximum atomic E-state index is 5.62. The van der Waals surface area contributed by atoms with Gasteiger partial charge < -0.3 is 15.4 Å². The number of aromatic nitrogens is 1. The molecule has 0 aromatic carbocycles. The highest BCUT2D eigenvalue weighted by Crippen LogP contribution is 2.29. The maximum Gasteiger partial charge on any atom is 0.213 e. The zero-order chi connectivity index (χ0) is 14.2. The summed E-state index contributed by atoms with van der Waals surface area (Å²) in [5.41, 5.74) is 1.08. The second-order valence-corrected chi connectivity index (χ2v) is 4.98. The van der Waals surface area contributed by atoms with E-state index in [4.69, 9.17) is 4.74 Å². The molecule has 0 saturated heterocycles. The molecule has 0 atom stereocenters. The largest absolute Gasteiger partial charge is 0.477 e. The molecular formula is C15H25IN4O. The fourth-order valence-corrected chi connectivity index (χ4v) is 1.76. The van der Waals surface area contributed by atoms with Gasteiger partial charge in [-0.25, -0.2) is 9.98 Å². The molecule has 1 aromatic rings. The van der Waals surface area contributed by atoms with Gasteiger partial charge in [0.25, 0.3) is 0 Å².